The van der Waals surface area contributed by atoms with Gasteiger partial charge in [-0.05, 0) is 50.5 Å². The summed E-state index contributed by atoms with van der Waals surface area (Å²) in [4.78, 5) is 14.7. The Bertz CT molecular complexity index is 884. The highest BCUT2D eigenvalue weighted by Crippen LogP contribution is 2.18. The minimum absolute atomic E-state index is 0.0166. The second-order valence-electron chi connectivity index (χ2n) is 6.82. The third-order valence-corrected chi connectivity index (χ3v) is 6.35. The van der Waals surface area contributed by atoms with E-state index >= 15 is 0 Å². The number of nitrogens with zero attached hydrogens (tertiary/aromatic N) is 1. The van der Waals surface area contributed by atoms with Crippen LogP contribution < -0.4 is 4.72 Å². The second kappa shape index (κ2) is 7.60. The van der Waals surface area contributed by atoms with Gasteiger partial charge in [0.25, 0.3) is 5.91 Å². The Kier molecular flexibility index (Phi) is 5.44. The third-order valence-electron chi connectivity index (χ3n) is 4.81. The zero-order valence-electron chi connectivity index (χ0n) is 15.1. The fraction of sp³-hybridized carbons (Fsp3) is 0.350. The molecule has 1 amide bonds. The van der Waals surface area contributed by atoms with Gasteiger partial charge >= 0.3 is 0 Å². The second-order valence-corrected chi connectivity index (χ2v) is 8.53. The molecule has 1 N–H and O–H groups in total. The number of aryl methyl sites for hydroxylation is 2. The molecule has 0 aromatic heterocycles. The minimum Gasteiger partial charge on any atom is -0.339 e. The van der Waals surface area contributed by atoms with Gasteiger partial charge in [0.05, 0.1) is 4.90 Å². The van der Waals surface area contributed by atoms with E-state index in [0.717, 1.165) is 11.1 Å². The lowest BCUT2D eigenvalue weighted by Crippen LogP contribution is -2.46. The van der Waals surface area contributed by atoms with Crippen molar-refractivity contribution >= 4 is 15.9 Å². The summed E-state index contributed by atoms with van der Waals surface area (Å²) in [5, 5.41) is 0. The lowest BCUT2D eigenvalue weighted by molar-refractivity contribution is 0.0710. The van der Waals surface area contributed by atoms with Gasteiger partial charge in [-0.3, -0.25) is 4.79 Å². The molecule has 1 fully saturated rings. The molecule has 2 aromatic carbocycles. The van der Waals surface area contributed by atoms with E-state index in [9.17, 15) is 13.2 Å². The molecule has 0 aliphatic carbocycles. The van der Waals surface area contributed by atoms with Crippen LogP contribution in [0.25, 0.3) is 0 Å². The van der Waals surface area contributed by atoms with Crippen LogP contribution in [-0.2, 0) is 10.0 Å². The number of hydrogen-bond acceptors (Lipinski definition) is 3. The summed E-state index contributed by atoms with van der Waals surface area (Å²) in [6.07, 6.45) is 1.23. The lowest BCUT2D eigenvalue weighted by Gasteiger charge is -2.32. The summed E-state index contributed by atoms with van der Waals surface area (Å²) in [6, 6.07) is 14.2. The highest BCUT2D eigenvalue weighted by Gasteiger charge is 2.27. The molecule has 1 aliphatic heterocycles. The largest absolute Gasteiger partial charge is 0.339 e. The van der Waals surface area contributed by atoms with Crippen LogP contribution in [0.15, 0.2) is 53.4 Å². The summed E-state index contributed by atoms with van der Waals surface area (Å²) in [5.74, 6) is 0.0166. The van der Waals surface area contributed by atoms with E-state index in [4.69, 9.17) is 0 Å². The van der Waals surface area contributed by atoms with Crippen molar-refractivity contribution in [3.05, 3.63) is 65.2 Å². The number of sulfonamides is 1. The van der Waals surface area contributed by atoms with E-state index in [1.165, 1.54) is 0 Å². The van der Waals surface area contributed by atoms with E-state index in [1.807, 2.05) is 38.1 Å². The molecular weight excluding hydrogens is 348 g/mol. The Morgan fingerprint density at radius 3 is 2.23 bits per heavy atom. The number of carbonyl (C=O) groups is 1. The summed E-state index contributed by atoms with van der Waals surface area (Å²) >= 11 is 0. The molecule has 0 bridgehead atoms. The molecule has 2 aromatic rings. The Morgan fingerprint density at radius 1 is 1.00 bits per heavy atom. The van der Waals surface area contributed by atoms with Gasteiger partial charge in [-0.2, -0.15) is 0 Å². The number of nitrogens with one attached hydrogen (secondary N) is 1. The molecule has 1 aliphatic rings. The third kappa shape index (κ3) is 4.14. The van der Waals surface area contributed by atoms with Gasteiger partial charge < -0.3 is 4.90 Å². The molecule has 0 radical (unpaired) electrons. The summed E-state index contributed by atoms with van der Waals surface area (Å²) in [5.41, 5.74) is 2.69. The molecule has 0 saturated carbocycles. The molecule has 138 valence electrons. The SMILES string of the molecule is Cc1ccc(S(=O)(=O)NC2CCN(C(=O)c3ccccc3C)CC2)cc1. The molecule has 0 atom stereocenters. The van der Waals surface area contributed by atoms with Crippen LogP contribution >= 0.6 is 0 Å². The van der Waals surface area contributed by atoms with Gasteiger partial charge in [0.1, 0.15) is 0 Å². The first kappa shape index (κ1) is 18.6. The summed E-state index contributed by atoms with van der Waals surface area (Å²) in [6.45, 7) is 4.95. The molecule has 0 unspecified atom stereocenters. The molecule has 1 heterocycles. The fourth-order valence-corrected chi connectivity index (χ4v) is 4.49. The van der Waals surface area contributed by atoms with Crippen LogP contribution in [0.3, 0.4) is 0 Å². The molecule has 5 nitrogen and oxygen atoms in total. The predicted molar refractivity (Wildman–Crippen MR) is 102 cm³/mol. The van der Waals surface area contributed by atoms with Gasteiger partial charge in [0, 0.05) is 24.7 Å². The highest BCUT2D eigenvalue weighted by atomic mass is 32.2. The monoisotopic (exact) mass is 372 g/mol. The van der Waals surface area contributed by atoms with Crippen LogP contribution in [0, 0.1) is 13.8 Å². The number of hydrogen-bond donors (Lipinski definition) is 1. The number of carbonyl (C=O) groups excluding carboxylic acids is 1. The highest BCUT2D eigenvalue weighted by molar-refractivity contribution is 7.89. The van der Waals surface area contributed by atoms with Crippen molar-refractivity contribution in [2.75, 3.05) is 13.1 Å². The first-order chi connectivity index (χ1) is 12.4. The minimum atomic E-state index is -3.53. The standard InChI is InChI=1S/C20H24N2O3S/c1-15-7-9-18(10-8-15)26(24,25)21-17-11-13-22(14-12-17)20(23)19-6-4-3-5-16(19)2/h3-10,17,21H,11-14H2,1-2H3. The maximum absolute atomic E-state index is 12.7. The lowest BCUT2D eigenvalue weighted by atomic mass is 10.0. The van der Waals surface area contributed by atoms with E-state index in [0.29, 0.717) is 31.5 Å². The van der Waals surface area contributed by atoms with Crippen LogP contribution in [-0.4, -0.2) is 38.4 Å². The van der Waals surface area contributed by atoms with Crippen molar-refractivity contribution in [1.29, 1.82) is 0 Å². The predicted octanol–water partition coefficient (Wildman–Crippen LogP) is 2.89. The Morgan fingerprint density at radius 2 is 1.62 bits per heavy atom. The number of rotatable bonds is 4. The Balaban J connectivity index is 1.61. The van der Waals surface area contributed by atoms with Crippen LogP contribution in [0.4, 0.5) is 0 Å². The van der Waals surface area contributed by atoms with E-state index in [-0.39, 0.29) is 16.8 Å². The quantitative estimate of drug-likeness (QED) is 0.897. The topological polar surface area (TPSA) is 66.5 Å². The molecule has 0 spiro atoms. The van der Waals surface area contributed by atoms with E-state index in [2.05, 4.69) is 4.72 Å². The molecule has 26 heavy (non-hydrogen) atoms. The number of piperidine rings is 1. The van der Waals surface area contributed by atoms with Crippen molar-refractivity contribution in [1.82, 2.24) is 9.62 Å². The van der Waals surface area contributed by atoms with Crippen LogP contribution in [0.5, 0.6) is 0 Å². The number of benzene rings is 2. The average molecular weight is 372 g/mol. The van der Waals surface area contributed by atoms with Gasteiger partial charge in [0.2, 0.25) is 10.0 Å². The van der Waals surface area contributed by atoms with Gasteiger partial charge in [-0.15, -0.1) is 0 Å². The van der Waals surface area contributed by atoms with Crippen molar-refractivity contribution in [2.45, 2.75) is 37.6 Å². The first-order valence-corrected chi connectivity index (χ1v) is 10.3. The fourth-order valence-electron chi connectivity index (χ4n) is 3.19. The Labute approximate surface area is 155 Å². The molecule has 3 rings (SSSR count). The maximum atomic E-state index is 12.7. The van der Waals surface area contributed by atoms with Crippen molar-refractivity contribution in [3.63, 3.8) is 0 Å². The first-order valence-electron chi connectivity index (χ1n) is 8.81. The average Bonchev–Trinajstić information content (AvgIpc) is 2.62. The van der Waals surface area contributed by atoms with Crippen molar-refractivity contribution in [3.8, 4) is 0 Å². The van der Waals surface area contributed by atoms with Crippen molar-refractivity contribution in [2.24, 2.45) is 0 Å². The number of amides is 1. The van der Waals surface area contributed by atoms with Gasteiger partial charge in [-0.1, -0.05) is 35.9 Å². The molecular formula is C20H24N2O3S. The number of likely N-dealkylation sites (tertiary alicyclic amines) is 1. The van der Waals surface area contributed by atoms with Crippen molar-refractivity contribution < 1.29 is 13.2 Å². The molecule has 6 heteroatoms. The van der Waals surface area contributed by atoms with E-state index in [1.54, 1.807) is 29.2 Å². The Hall–Kier alpha value is -2.18. The summed E-state index contributed by atoms with van der Waals surface area (Å²) < 4.78 is 27.8. The maximum Gasteiger partial charge on any atom is 0.254 e. The van der Waals surface area contributed by atoms with Gasteiger partial charge in [0.15, 0.2) is 0 Å². The van der Waals surface area contributed by atoms with Crippen LogP contribution in [0.2, 0.25) is 0 Å². The normalized spacial score (nSPS) is 15.8. The zero-order valence-corrected chi connectivity index (χ0v) is 15.9. The van der Waals surface area contributed by atoms with E-state index < -0.39 is 10.0 Å². The van der Waals surface area contributed by atoms with Gasteiger partial charge in [-0.25, -0.2) is 13.1 Å². The zero-order chi connectivity index (χ0) is 18.7. The van der Waals surface area contributed by atoms with Crippen LogP contribution in [0.1, 0.15) is 34.3 Å². The smallest absolute Gasteiger partial charge is 0.254 e. The summed E-state index contributed by atoms with van der Waals surface area (Å²) in [7, 11) is -3.53. The molecule has 1 saturated heterocycles.